The third kappa shape index (κ3) is 3.87. The second-order valence-electron chi connectivity index (χ2n) is 5.85. The van der Waals surface area contributed by atoms with Gasteiger partial charge in [-0.3, -0.25) is 19.3 Å². The van der Waals surface area contributed by atoms with Crippen LogP contribution < -0.4 is 16.6 Å². The van der Waals surface area contributed by atoms with Gasteiger partial charge < -0.3 is 9.88 Å². The Balaban J connectivity index is 0.00000208. The van der Waals surface area contributed by atoms with E-state index in [1.165, 1.54) is 23.8 Å². The molecule has 0 aromatic carbocycles. The van der Waals surface area contributed by atoms with Crippen molar-refractivity contribution in [3.8, 4) is 0 Å². The summed E-state index contributed by atoms with van der Waals surface area (Å²) in [7, 11) is 1.60. The number of imidazole rings is 1. The fourth-order valence-electron chi connectivity index (χ4n) is 2.86. The standard InChI is InChI=1S/C15H22N6O2.ClH/c1-20-13-12(14(22)19-15(20)23)21(10-18-13)9-5-8-17-11-6-3-2-4-7-16-11;/h10H,2-9H2,1H3,(H,16,17)(H,19,22,23);1H. The van der Waals surface area contributed by atoms with Gasteiger partial charge in [0.05, 0.1) is 12.2 Å². The number of aryl methyl sites for hydroxylation is 2. The summed E-state index contributed by atoms with van der Waals surface area (Å²) in [6, 6.07) is 0. The highest BCUT2D eigenvalue weighted by atomic mass is 35.5. The number of nitrogens with one attached hydrogen (secondary N) is 2. The van der Waals surface area contributed by atoms with Crippen LogP contribution in [0.25, 0.3) is 11.2 Å². The quantitative estimate of drug-likeness (QED) is 0.793. The van der Waals surface area contributed by atoms with Crippen molar-refractivity contribution in [2.75, 3.05) is 13.1 Å². The summed E-state index contributed by atoms with van der Waals surface area (Å²) in [4.78, 5) is 34.6. The molecule has 0 unspecified atom stereocenters. The zero-order valence-corrected chi connectivity index (χ0v) is 14.6. The molecule has 2 N–H and O–H groups in total. The van der Waals surface area contributed by atoms with Crippen LogP contribution in [0, 0.1) is 0 Å². The summed E-state index contributed by atoms with van der Waals surface area (Å²) in [5.74, 6) is 1.10. The molecule has 0 bridgehead atoms. The van der Waals surface area contributed by atoms with E-state index in [4.69, 9.17) is 0 Å². The Labute approximate surface area is 145 Å². The van der Waals surface area contributed by atoms with Crippen LogP contribution in [-0.4, -0.2) is 38.0 Å². The molecule has 9 heteroatoms. The number of aromatic nitrogens is 4. The molecular weight excluding hydrogens is 332 g/mol. The molecule has 24 heavy (non-hydrogen) atoms. The summed E-state index contributed by atoms with van der Waals surface area (Å²) < 4.78 is 3.15. The summed E-state index contributed by atoms with van der Waals surface area (Å²) in [5.41, 5.74) is 0.0289. The van der Waals surface area contributed by atoms with Crippen molar-refractivity contribution in [3.63, 3.8) is 0 Å². The second-order valence-corrected chi connectivity index (χ2v) is 5.85. The van der Waals surface area contributed by atoms with Gasteiger partial charge in [0.2, 0.25) is 0 Å². The maximum atomic E-state index is 12.0. The van der Waals surface area contributed by atoms with E-state index in [0.717, 1.165) is 31.8 Å². The van der Waals surface area contributed by atoms with Crippen molar-refractivity contribution in [2.45, 2.75) is 38.6 Å². The first-order valence-corrected chi connectivity index (χ1v) is 8.08. The highest BCUT2D eigenvalue weighted by molar-refractivity contribution is 5.85. The summed E-state index contributed by atoms with van der Waals surface area (Å²) in [6.45, 7) is 2.39. The predicted octanol–water partition coefficient (Wildman–Crippen LogP) is 0.797. The Morgan fingerprint density at radius 3 is 2.96 bits per heavy atom. The number of fused-ring (bicyclic) bond motifs is 1. The summed E-state index contributed by atoms with van der Waals surface area (Å²) in [6.07, 6.45) is 7.11. The van der Waals surface area contributed by atoms with Crippen LogP contribution in [0.15, 0.2) is 20.9 Å². The van der Waals surface area contributed by atoms with E-state index in [-0.39, 0.29) is 18.0 Å². The molecule has 8 nitrogen and oxygen atoms in total. The number of H-pyrrole nitrogens is 1. The smallest absolute Gasteiger partial charge is 0.329 e. The number of nitrogens with zero attached hydrogens (tertiary/aromatic N) is 4. The Kier molecular flexibility index (Phi) is 6.19. The maximum Gasteiger partial charge on any atom is 0.329 e. The number of rotatable bonds is 4. The van der Waals surface area contributed by atoms with Gasteiger partial charge in [-0.1, -0.05) is 6.42 Å². The fourth-order valence-corrected chi connectivity index (χ4v) is 2.86. The Morgan fingerprint density at radius 2 is 2.12 bits per heavy atom. The largest absolute Gasteiger partial charge is 0.374 e. The lowest BCUT2D eigenvalue weighted by molar-refractivity contribution is 0.638. The van der Waals surface area contributed by atoms with Gasteiger partial charge in [0.25, 0.3) is 5.56 Å². The number of aliphatic imine (C=N–C) groups is 1. The Hall–Kier alpha value is -2.09. The number of amidine groups is 1. The number of halogens is 1. The molecule has 0 saturated carbocycles. The minimum atomic E-state index is -0.444. The lowest BCUT2D eigenvalue weighted by Gasteiger charge is -2.09. The van der Waals surface area contributed by atoms with Crippen LogP contribution in [0.2, 0.25) is 0 Å². The van der Waals surface area contributed by atoms with Crippen LogP contribution in [0.1, 0.15) is 32.1 Å². The lowest BCUT2D eigenvalue weighted by atomic mass is 10.2. The summed E-state index contributed by atoms with van der Waals surface area (Å²) >= 11 is 0. The second kappa shape index (κ2) is 8.14. The molecule has 0 amide bonds. The average Bonchev–Trinajstić information content (AvgIpc) is 2.78. The third-order valence-electron chi connectivity index (χ3n) is 4.16. The van der Waals surface area contributed by atoms with E-state index in [9.17, 15) is 9.59 Å². The minimum Gasteiger partial charge on any atom is -0.374 e. The molecule has 1 aliphatic rings. The van der Waals surface area contributed by atoms with E-state index in [1.807, 2.05) is 0 Å². The zero-order valence-electron chi connectivity index (χ0n) is 13.7. The molecule has 0 saturated heterocycles. The van der Waals surface area contributed by atoms with Crippen LogP contribution in [0.3, 0.4) is 0 Å². The molecule has 1 aliphatic heterocycles. The third-order valence-corrected chi connectivity index (χ3v) is 4.16. The maximum absolute atomic E-state index is 12.0. The number of hydrogen-bond acceptors (Lipinski definition) is 5. The van der Waals surface area contributed by atoms with Gasteiger partial charge in [0, 0.05) is 33.1 Å². The Morgan fingerprint density at radius 1 is 1.29 bits per heavy atom. The van der Waals surface area contributed by atoms with Gasteiger partial charge in [-0.25, -0.2) is 9.78 Å². The number of hydrogen-bond donors (Lipinski definition) is 2. The average molecular weight is 355 g/mol. The molecule has 3 rings (SSSR count). The first-order chi connectivity index (χ1) is 11.2. The van der Waals surface area contributed by atoms with Crippen molar-refractivity contribution < 1.29 is 0 Å². The SMILES string of the molecule is Cl.Cn1c(=O)[nH]c(=O)c2c1ncn2CCCNC1=NCCCCC1. The van der Waals surface area contributed by atoms with Gasteiger partial charge >= 0.3 is 5.69 Å². The van der Waals surface area contributed by atoms with Crippen molar-refractivity contribution in [1.29, 1.82) is 0 Å². The minimum absolute atomic E-state index is 0. The molecule has 0 atom stereocenters. The van der Waals surface area contributed by atoms with Crippen LogP contribution in [0.4, 0.5) is 0 Å². The van der Waals surface area contributed by atoms with Crippen molar-refractivity contribution in [3.05, 3.63) is 27.2 Å². The monoisotopic (exact) mass is 354 g/mol. The van der Waals surface area contributed by atoms with Crippen molar-refractivity contribution in [2.24, 2.45) is 12.0 Å². The highest BCUT2D eigenvalue weighted by Gasteiger charge is 2.11. The van der Waals surface area contributed by atoms with Crippen molar-refractivity contribution >= 4 is 29.4 Å². The first-order valence-electron chi connectivity index (χ1n) is 8.08. The molecule has 0 radical (unpaired) electrons. The van der Waals surface area contributed by atoms with Gasteiger partial charge in [-0.05, 0) is 19.3 Å². The first kappa shape index (κ1) is 18.3. The molecule has 3 heterocycles. The molecule has 2 aromatic heterocycles. The van der Waals surface area contributed by atoms with E-state index in [1.54, 1.807) is 17.9 Å². The summed E-state index contributed by atoms with van der Waals surface area (Å²) in [5, 5.41) is 3.38. The molecular formula is C15H23ClN6O2. The topological polar surface area (TPSA) is 97.1 Å². The fraction of sp³-hybridized carbons (Fsp3) is 0.600. The van der Waals surface area contributed by atoms with Crippen LogP contribution in [0.5, 0.6) is 0 Å². The molecule has 0 aliphatic carbocycles. The van der Waals surface area contributed by atoms with Crippen molar-refractivity contribution in [1.82, 2.24) is 24.4 Å². The normalized spacial score (nSPS) is 14.8. The van der Waals surface area contributed by atoms with E-state index in [0.29, 0.717) is 17.7 Å². The van der Waals surface area contributed by atoms with Gasteiger partial charge in [0.1, 0.15) is 0 Å². The highest BCUT2D eigenvalue weighted by Crippen LogP contribution is 2.07. The Bertz CT molecular complexity index is 835. The van der Waals surface area contributed by atoms with E-state index >= 15 is 0 Å². The lowest BCUT2D eigenvalue weighted by Crippen LogP contribution is -2.29. The van der Waals surface area contributed by atoms with Gasteiger partial charge in [-0.15, -0.1) is 12.4 Å². The predicted molar refractivity (Wildman–Crippen MR) is 96.2 cm³/mol. The van der Waals surface area contributed by atoms with Gasteiger partial charge in [-0.2, -0.15) is 0 Å². The van der Waals surface area contributed by atoms with E-state index < -0.39 is 5.69 Å². The zero-order chi connectivity index (χ0) is 16.2. The molecule has 2 aromatic rings. The van der Waals surface area contributed by atoms with E-state index in [2.05, 4.69) is 20.3 Å². The molecule has 0 fully saturated rings. The van der Waals surface area contributed by atoms with Crippen LogP contribution in [-0.2, 0) is 13.6 Å². The molecule has 132 valence electrons. The van der Waals surface area contributed by atoms with Gasteiger partial charge in [0.15, 0.2) is 11.2 Å². The number of aromatic amines is 1. The van der Waals surface area contributed by atoms with Crippen LogP contribution >= 0.6 is 12.4 Å². The molecule has 0 spiro atoms.